The molecule has 4 heteroatoms. The molecule has 96 valence electrons. The van der Waals surface area contributed by atoms with E-state index >= 15 is 0 Å². The van der Waals surface area contributed by atoms with Crippen LogP contribution >= 0.6 is 12.4 Å². The molecule has 0 saturated heterocycles. The maximum Gasteiger partial charge on any atom is 0.220 e. The molecule has 0 heterocycles. The lowest BCUT2D eigenvalue weighted by molar-refractivity contribution is -0.122. The van der Waals surface area contributed by atoms with Gasteiger partial charge in [0.15, 0.2) is 0 Å². The monoisotopic (exact) mass is 248 g/mol. The maximum atomic E-state index is 11.6. The van der Waals surface area contributed by atoms with E-state index < -0.39 is 0 Å². The molecule has 1 amide bonds. The van der Waals surface area contributed by atoms with Crippen LogP contribution in [0.15, 0.2) is 0 Å². The zero-order valence-corrected chi connectivity index (χ0v) is 11.2. The molecule has 0 aliphatic heterocycles. The molecule has 0 atom stereocenters. The molecule has 3 nitrogen and oxygen atoms in total. The van der Waals surface area contributed by atoms with Crippen molar-refractivity contribution in [2.24, 2.45) is 11.7 Å². The summed E-state index contributed by atoms with van der Waals surface area (Å²) in [5, 5.41) is 2.91. The standard InChI is InChI=1S/C12H24N2O.ClH/c1-12(2,13)9-14-11(15)8-10-6-4-3-5-7-10;/h10H,3-9,13H2,1-2H3,(H,14,15);1H. The van der Waals surface area contributed by atoms with Crippen molar-refractivity contribution < 1.29 is 4.79 Å². The van der Waals surface area contributed by atoms with Crippen LogP contribution in [0, 0.1) is 5.92 Å². The van der Waals surface area contributed by atoms with Crippen molar-refractivity contribution in [1.29, 1.82) is 0 Å². The lowest BCUT2D eigenvalue weighted by atomic mass is 9.87. The number of hydrogen-bond acceptors (Lipinski definition) is 2. The minimum absolute atomic E-state index is 0. The summed E-state index contributed by atoms with van der Waals surface area (Å²) in [5.41, 5.74) is 5.50. The maximum absolute atomic E-state index is 11.6. The van der Waals surface area contributed by atoms with E-state index in [0.717, 1.165) is 0 Å². The van der Waals surface area contributed by atoms with Gasteiger partial charge in [-0.05, 0) is 32.6 Å². The van der Waals surface area contributed by atoms with Gasteiger partial charge in [0, 0.05) is 18.5 Å². The van der Waals surface area contributed by atoms with Crippen molar-refractivity contribution in [1.82, 2.24) is 5.32 Å². The molecule has 1 rings (SSSR count). The van der Waals surface area contributed by atoms with E-state index in [0.29, 0.717) is 18.9 Å². The number of nitrogens with one attached hydrogen (secondary N) is 1. The van der Waals surface area contributed by atoms with Crippen LogP contribution in [0.2, 0.25) is 0 Å². The molecule has 1 aliphatic carbocycles. The summed E-state index contributed by atoms with van der Waals surface area (Å²) in [6.45, 7) is 4.42. The summed E-state index contributed by atoms with van der Waals surface area (Å²) in [6.07, 6.45) is 7.06. The van der Waals surface area contributed by atoms with E-state index in [-0.39, 0.29) is 23.9 Å². The zero-order chi connectivity index (χ0) is 11.3. The SMILES string of the molecule is CC(C)(N)CNC(=O)CC1CCCCC1.Cl. The Morgan fingerprint density at radius 2 is 1.88 bits per heavy atom. The number of amides is 1. The topological polar surface area (TPSA) is 55.1 Å². The van der Waals surface area contributed by atoms with Crippen molar-refractivity contribution in [2.45, 2.75) is 57.9 Å². The fourth-order valence-electron chi connectivity index (χ4n) is 2.05. The van der Waals surface area contributed by atoms with Crippen LogP contribution in [0.5, 0.6) is 0 Å². The quantitative estimate of drug-likeness (QED) is 0.802. The average molecular weight is 249 g/mol. The van der Waals surface area contributed by atoms with Crippen molar-refractivity contribution >= 4 is 18.3 Å². The van der Waals surface area contributed by atoms with Gasteiger partial charge in [-0.3, -0.25) is 4.79 Å². The predicted molar refractivity (Wildman–Crippen MR) is 69.7 cm³/mol. The van der Waals surface area contributed by atoms with Gasteiger partial charge in [-0.25, -0.2) is 0 Å². The number of halogens is 1. The first kappa shape index (κ1) is 15.7. The number of nitrogens with two attached hydrogens (primary N) is 1. The molecule has 1 aliphatic rings. The summed E-state index contributed by atoms with van der Waals surface area (Å²) in [7, 11) is 0. The molecule has 0 unspecified atom stereocenters. The molecule has 0 bridgehead atoms. The fourth-order valence-corrected chi connectivity index (χ4v) is 2.05. The average Bonchev–Trinajstić information content (AvgIpc) is 2.15. The van der Waals surface area contributed by atoms with E-state index in [9.17, 15) is 4.79 Å². The molecule has 0 aromatic carbocycles. The summed E-state index contributed by atoms with van der Waals surface area (Å²) >= 11 is 0. The molecule has 0 spiro atoms. The van der Waals surface area contributed by atoms with Crippen LogP contribution in [0.25, 0.3) is 0 Å². The van der Waals surface area contributed by atoms with Crippen LogP contribution in [0.1, 0.15) is 52.4 Å². The van der Waals surface area contributed by atoms with Gasteiger partial charge < -0.3 is 11.1 Å². The minimum atomic E-state index is -0.303. The number of rotatable bonds is 4. The van der Waals surface area contributed by atoms with Crippen LogP contribution in [0.4, 0.5) is 0 Å². The van der Waals surface area contributed by atoms with Crippen molar-refractivity contribution in [3.05, 3.63) is 0 Å². The summed E-state index contributed by atoms with van der Waals surface area (Å²) in [6, 6.07) is 0. The normalized spacial score (nSPS) is 17.7. The molecule has 1 saturated carbocycles. The second kappa shape index (κ2) is 7.13. The lowest BCUT2D eigenvalue weighted by Crippen LogP contribution is -2.45. The Morgan fingerprint density at radius 3 is 2.38 bits per heavy atom. The first-order chi connectivity index (χ1) is 6.97. The van der Waals surface area contributed by atoms with Crippen molar-refractivity contribution in [3.63, 3.8) is 0 Å². The zero-order valence-electron chi connectivity index (χ0n) is 10.4. The largest absolute Gasteiger partial charge is 0.354 e. The first-order valence-corrected chi connectivity index (χ1v) is 6.03. The van der Waals surface area contributed by atoms with E-state index in [4.69, 9.17) is 5.73 Å². The van der Waals surface area contributed by atoms with Gasteiger partial charge in [-0.1, -0.05) is 19.3 Å². The Kier molecular flexibility index (Phi) is 7.00. The van der Waals surface area contributed by atoms with Gasteiger partial charge in [-0.15, -0.1) is 12.4 Å². The highest BCUT2D eigenvalue weighted by Gasteiger charge is 2.18. The third-order valence-electron chi connectivity index (χ3n) is 2.94. The van der Waals surface area contributed by atoms with Gasteiger partial charge in [0.2, 0.25) is 5.91 Å². The van der Waals surface area contributed by atoms with Crippen LogP contribution in [0.3, 0.4) is 0 Å². The van der Waals surface area contributed by atoms with Crippen molar-refractivity contribution in [2.75, 3.05) is 6.54 Å². The Hall–Kier alpha value is -0.280. The Balaban J connectivity index is 0.00000225. The summed E-state index contributed by atoms with van der Waals surface area (Å²) < 4.78 is 0. The second-order valence-corrected chi connectivity index (χ2v) is 5.47. The molecular weight excluding hydrogens is 224 g/mol. The highest BCUT2D eigenvalue weighted by molar-refractivity contribution is 5.85. The molecular formula is C12H25ClN2O. The minimum Gasteiger partial charge on any atom is -0.354 e. The van der Waals surface area contributed by atoms with Crippen LogP contribution in [-0.2, 0) is 4.79 Å². The highest BCUT2D eigenvalue weighted by atomic mass is 35.5. The molecule has 0 aromatic rings. The summed E-state index contributed by atoms with van der Waals surface area (Å²) in [4.78, 5) is 11.6. The Morgan fingerprint density at radius 1 is 1.31 bits per heavy atom. The van der Waals surface area contributed by atoms with E-state index in [1.54, 1.807) is 0 Å². The van der Waals surface area contributed by atoms with Crippen molar-refractivity contribution in [3.8, 4) is 0 Å². The molecule has 16 heavy (non-hydrogen) atoms. The first-order valence-electron chi connectivity index (χ1n) is 6.03. The van der Waals surface area contributed by atoms with E-state index in [1.165, 1.54) is 32.1 Å². The van der Waals surface area contributed by atoms with Gasteiger partial charge in [0.25, 0.3) is 0 Å². The van der Waals surface area contributed by atoms with Gasteiger partial charge in [0.05, 0.1) is 0 Å². The number of hydrogen-bond donors (Lipinski definition) is 2. The smallest absolute Gasteiger partial charge is 0.220 e. The molecule has 0 radical (unpaired) electrons. The van der Waals surface area contributed by atoms with Crippen LogP contribution < -0.4 is 11.1 Å². The van der Waals surface area contributed by atoms with Crippen LogP contribution in [-0.4, -0.2) is 18.0 Å². The van der Waals surface area contributed by atoms with Gasteiger partial charge >= 0.3 is 0 Å². The Bertz CT molecular complexity index is 208. The van der Waals surface area contributed by atoms with Gasteiger partial charge in [0.1, 0.15) is 0 Å². The highest BCUT2D eigenvalue weighted by Crippen LogP contribution is 2.25. The third-order valence-corrected chi connectivity index (χ3v) is 2.94. The lowest BCUT2D eigenvalue weighted by Gasteiger charge is -2.23. The fraction of sp³-hybridized carbons (Fsp3) is 0.917. The van der Waals surface area contributed by atoms with E-state index in [2.05, 4.69) is 5.32 Å². The molecule has 3 N–H and O–H groups in total. The van der Waals surface area contributed by atoms with E-state index in [1.807, 2.05) is 13.8 Å². The molecule has 1 fully saturated rings. The third kappa shape index (κ3) is 7.07. The summed E-state index contributed by atoms with van der Waals surface area (Å²) in [5.74, 6) is 0.778. The second-order valence-electron chi connectivity index (χ2n) is 5.47. The Labute approximate surface area is 105 Å². The predicted octanol–water partition coefficient (Wildman–Crippen LogP) is 2.23. The number of carbonyl (C=O) groups is 1. The van der Waals surface area contributed by atoms with Gasteiger partial charge in [-0.2, -0.15) is 0 Å². The molecule has 0 aromatic heterocycles. The number of carbonyl (C=O) groups excluding carboxylic acids is 1.